The number of nitrogens with one attached hydrogen (secondary N) is 1. The average molecular weight is 421 g/mol. The fourth-order valence-electron chi connectivity index (χ4n) is 4.14. The Labute approximate surface area is 182 Å². The molecule has 162 valence electrons. The SMILES string of the molecule is COc1ncccc1-c1ccc(N)c(C(=N)C2CC(N3C[C@@H](C)O[C@@H](C)C3)=NC=N2)c1. The molecule has 0 radical (unpaired) electrons. The number of nitrogen functional groups attached to an aromatic ring is 1. The predicted molar refractivity (Wildman–Crippen MR) is 123 cm³/mol. The number of morpholine rings is 1. The van der Waals surface area contributed by atoms with Crippen molar-refractivity contribution >= 4 is 23.6 Å². The van der Waals surface area contributed by atoms with Gasteiger partial charge in [-0.2, -0.15) is 0 Å². The largest absolute Gasteiger partial charge is 0.481 e. The number of pyridine rings is 1. The second kappa shape index (κ2) is 8.85. The molecule has 3 N–H and O–H groups in total. The fourth-order valence-corrected chi connectivity index (χ4v) is 4.14. The third-order valence-corrected chi connectivity index (χ3v) is 5.57. The third kappa shape index (κ3) is 4.44. The van der Waals surface area contributed by atoms with Crippen molar-refractivity contribution in [2.75, 3.05) is 25.9 Å². The van der Waals surface area contributed by atoms with Crippen LogP contribution in [0.15, 0.2) is 46.5 Å². The summed E-state index contributed by atoms with van der Waals surface area (Å²) in [5.74, 6) is 1.47. The Balaban J connectivity index is 1.57. The van der Waals surface area contributed by atoms with E-state index in [1.54, 1.807) is 19.6 Å². The lowest BCUT2D eigenvalue weighted by molar-refractivity contribution is -0.0485. The van der Waals surface area contributed by atoms with Gasteiger partial charge in [-0.3, -0.25) is 4.99 Å². The second-order valence-electron chi connectivity index (χ2n) is 7.97. The number of aromatic nitrogens is 1. The van der Waals surface area contributed by atoms with Crippen molar-refractivity contribution in [2.45, 2.75) is 38.5 Å². The quantitative estimate of drug-likeness (QED) is 0.584. The van der Waals surface area contributed by atoms with Crippen molar-refractivity contribution in [1.82, 2.24) is 9.88 Å². The molecule has 2 aliphatic rings. The number of hydrogen-bond donors (Lipinski definition) is 2. The maximum absolute atomic E-state index is 8.87. The first kappa shape index (κ1) is 21.0. The Morgan fingerprint density at radius 2 is 2.00 bits per heavy atom. The number of methoxy groups -OCH3 is 1. The Morgan fingerprint density at radius 1 is 1.23 bits per heavy atom. The molecular formula is C23H28N6O2. The molecule has 8 heteroatoms. The molecule has 4 rings (SSSR count). The lowest BCUT2D eigenvalue weighted by Crippen LogP contribution is -2.49. The lowest BCUT2D eigenvalue weighted by Gasteiger charge is -2.38. The normalized spacial score (nSPS) is 23.4. The van der Waals surface area contributed by atoms with Crippen LogP contribution in [-0.4, -0.2) is 66.2 Å². The summed E-state index contributed by atoms with van der Waals surface area (Å²) >= 11 is 0. The number of nitrogens with two attached hydrogens (primary N) is 1. The van der Waals surface area contributed by atoms with E-state index in [-0.39, 0.29) is 18.2 Å². The highest BCUT2D eigenvalue weighted by atomic mass is 16.5. The molecule has 1 aromatic heterocycles. The number of aliphatic imine (C=N–C) groups is 2. The zero-order valence-electron chi connectivity index (χ0n) is 18.1. The molecule has 31 heavy (non-hydrogen) atoms. The van der Waals surface area contributed by atoms with Gasteiger partial charge in [-0.15, -0.1) is 0 Å². The average Bonchev–Trinajstić information content (AvgIpc) is 2.78. The molecule has 1 fully saturated rings. The molecular weight excluding hydrogens is 392 g/mol. The fraction of sp³-hybridized carbons (Fsp3) is 0.391. The Morgan fingerprint density at radius 3 is 2.74 bits per heavy atom. The smallest absolute Gasteiger partial charge is 0.221 e. The van der Waals surface area contributed by atoms with Gasteiger partial charge in [0.15, 0.2) is 0 Å². The summed E-state index contributed by atoms with van der Waals surface area (Å²) in [4.78, 5) is 15.5. The minimum atomic E-state index is -0.339. The number of amidine groups is 1. The van der Waals surface area contributed by atoms with Crippen LogP contribution in [0.25, 0.3) is 11.1 Å². The van der Waals surface area contributed by atoms with Gasteiger partial charge in [0.05, 0.1) is 25.0 Å². The summed E-state index contributed by atoms with van der Waals surface area (Å²) in [7, 11) is 1.59. The molecule has 0 amide bonds. The molecule has 1 aromatic carbocycles. The summed E-state index contributed by atoms with van der Waals surface area (Å²) in [5, 5.41) is 8.87. The van der Waals surface area contributed by atoms with E-state index in [0.717, 1.165) is 30.1 Å². The van der Waals surface area contributed by atoms with Gasteiger partial charge in [-0.25, -0.2) is 9.98 Å². The van der Waals surface area contributed by atoms with Crippen molar-refractivity contribution < 1.29 is 9.47 Å². The third-order valence-electron chi connectivity index (χ3n) is 5.57. The lowest BCUT2D eigenvalue weighted by atomic mass is 9.94. The van der Waals surface area contributed by atoms with Crippen LogP contribution in [0.4, 0.5) is 5.69 Å². The first-order valence-electron chi connectivity index (χ1n) is 10.4. The summed E-state index contributed by atoms with van der Waals surface area (Å²) < 4.78 is 11.2. The van der Waals surface area contributed by atoms with E-state index in [2.05, 4.69) is 33.7 Å². The van der Waals surface area contributed by atoms with Gasteiger partial charge in [-0.05, 0) is 43.7 Å². The molecule has 0 aliphatic carbocycles. The highest BCUT2D eigenvalue weighted by Crippen LogP contribution is 2.31. The topological polar surface area (TPSA) is 109 Å². The van der Waals surface area contributed by atoms with Crippen molar-refractivity contribution in [3.63, 3.8) is 0 Å². The Bertz CT molecular complexity index is 1020. The van der Waals surface area contributed by atoms with E-state index < -0.39 is 0 Å². The van der Waals surface area contributed by atoms with E-state index in [0.29, 0.717) is 29.3 Å². The number of hydrogen-bond acceptors (Lipinski definition) is 8. The summed E-state index contributed by atoms with van der Waals surface area (Å²) in [6.07, 6.45) is 4.10. The molecule has 8 nitrogen and oxygen atoms in total. The zero-order chi connectivity index (χ0) is 22.0. The van der Waals surface area contributed by atoms with E-state index in [4.69, 9.17) is 20.6 Å². The first-order chi connectivity index (χ1) is 15.0. The molecule has 0 saturated carbocycles. The Kier molecular flexibility index (Phi) is 5.99. The van der Waals surface area contributed by atoms with E-state index in [1.165, 1.54) is 0 Å². The molecule has 2 aromatic rings. The van der Waals surface area contributed by atoms with Gasteiger partial charge in [0.25, 0.3) is 0 Å². The molecule has 1 unspecified atom stereocenters. The van der Waals surface area contributed by atoms with Crippen molar-refractivity contribution in [2.24, 2.45) is 9.98 Å². The minimum absolute atomic E-state index is 0.144. The molecule has 3 atom stereocenters. The van der Waals surface area contributed by atoms with Crippen LogP contribution >= 0.6 is 0 Å². The number of ether oxygens (including phenoxy) is 2. The highest BCUT2D eigenvalue weighted by Gasteiger charge is 2.29. The number of anilines is 1. The standard InChI is InChI=1S/C23H28N6O2/c1-14-11-29(12-15(2)31-14)21-10-20(27-13-28-21)22(25)18-9-16(6-7-19(18)24)17-5-4-8-26-23(17)30-3/h4-9,13-15,20,25H,10-12,24H2,1-3H3/t14-,15+,20?. The van der Waals surface area contributed by atoms with Gasteiger partial charge < -0.3 is 25.5 Å². The van der Waals surface area contributed by atoms with Crippen LogP contribution in [0.3, 0.4) is 0 Å². The zero-order valence-corrected chi connectivity index (χ0v) is 18.1. The van der Waals surface area contributed by atoms with Crippen LogP contribution in [-0.2, 0) is 4.74 Å². The molecule has 0 spiro atoms. The van der Waals surface area contributed by atoms with Crippen LogP contribution in [0.1, 0.15) is 25.8 Å². The van der Waals surface area contributed by atoms with Crippen molar-refractivity contribution in [3.8, 4) is 17.0 Å². The summed E-state index contributed by atoms with van der Waals surface area (Å²) in [5.41, 5.74) is 9.59. The number of benzene rings is 1. The maximum Gasteiger partial charge on any atom is 0.221 e. The summed E-state index contributed by atoms with van der Waals surface area (Å²) in [6.45, 7) is 5.71. The highest BCUT2D eigenvalue weighted by molar-refractivity contribution is 6.10. The van der Waals surface area contributed by atoms with Gasteiger partial charge in [0.1, 0.15) is 18.2 Å². The van der Waals surface area contributed by atoms with E-state index >= 15 is 0 Å². The van der Waals surface area contributed by atoms with Crippen LogP contribution in [0.2, 0.25) is 0 Å². The van der Waals surface area contributed by atoms with E-state index in [1.807, 2.05) is 30.3 Å². The predicted octanol–water partition coefficient (Wildman–Crippen LogP) is 3.02. The maximum atomic E-state index is 8.87. The van der Waals surface area contributed by atoms with Gasteiger partial charge >= 0.3 is 0 Å². The van der Waals surface area contributed by atoms with Crippen molar-refractivity contribution in [3.05, 3.63) is 42.1 Å². The van der Waals surface area contributed by atoms with E-state index in [9.17, 15) is 0 Å². The van der Waals surface area contributed by atoms with Gasteiger partial charge in [0.2, 0.25) is 5.88 Å². The van der Waals surface area contributed by atoms with Crippen LogP contribution < -0.4 is 10.5 Å². The molecule has 1 saturated heterocycles. The molecule has 2 aliphatic heterocycles. The van der Waals surface area contributed by atoms with Gasteiger partial charge in [0, 0.05) is 42.5 Å². The molecule has 0 bridgehead atoms. The minimum Gasteiger partial charge on any atom is -0.481 e. The summed E-state index contributed by atoms with van der Waals surface area (Å²) in [6, 6.07) is 9.11. The van der Waals surface area contributed by atoms with Gasteiger partial charge in [-0.1, -0.05) is 6.07 Å². The van der Waals surface area contributed by atoms with Crippen molar-refractivity contribution in [1.29, 1.82) is 5.41 Å². The molecule has 3 heterocycles. The second-order valence-corrected chi connectivity index (χ2v) is 7.97. The van der Waals surface area contributed by atoms with Crippen LogP contribution in [0.5, 0.6) is 5.88 Å². The van der Waals surface area contributed by atoms with Crippen LogP contribution in [0, 0.1) is 5.41 Å². The first-order valence-corrected chi connectivity index (χ1v) is 10.4. The number of nitrogens with zero attached hydrogens (tertiary/aromatic N) is 4. The monoisotopic (exact) mass is 420 g/mol. The number of rotatable bonds is 4. The Hall–Kier alpha value is -3.26.